The molecule has 2 heterocycles. The highest BCUT2D eigenvalue weighted by molar-refractivity contribution is 6.31. The molecular weight excluding hydrogens is 459 g/mol. The van der Waals surface area contributed by atoms with E-state index in [1.165, 1.54) is 0 Å². The lowest BCUT2D eigenvalue weighted by molar-refractivity contribution is -0.113. The third-order valence-electron chi connectivity index (χ3n) is 5.67. The smallest absolute Gasteiger partial charge is 0.255 e. The number of fused-ring (bicyclic) bond motifs is 1. The first-order valence-electron chi connectivity index (χ1n) is 10.1. The summed E-state index contributed by atoms with van der Waals surface area (Å²) in [5.41, 5.74) is 10.3. The summed E-state index contributed by atoms with van der Waals surface area (Å²) in [5, 5.41) is 14.3. The predicted molar refractivity (Wildman–Crippen MR) is 130 cm³/mol. The summed E-state index contributed by atoms with van der Waals surface area (Å²) < 4.78 is 5.56. The zero-order valence-electron chi connectivity index (χ0n) is 18.2. The second-order valence-electron chi connectivity index (χ2n) is 7.85. The topological polar surface area (TPSA) is 101 Å². The highest BCUT2D eigenvalue weighted by Crippen LogP contribution is 2.42. The number of nitrogens with zero attached hydrogens (tertiary/aromatic N) is 2. The third-order valence-corrected chi connectivity index (χ3v) is 6.23. The van der Waals surface area contributed by atoms with E-state index in [0.29, 0.717) is 16.3 Å². The quantitative estimate of drug-likeness (QED) is 0.457. The Balaban J connectivity index is 1.86. The second-order valence-corrected chi connectivity index (χ2v) is 8.65. The van der Waals surface area contributed by atoms with E-state index in [0.717, 1.165) is 22.0 Å². The number of anilines is 1. The Morgan fingerprint density at radius 2 is 1.79 bits per heavy atom. The number of amides is 1. The Bertz CT molecular complexity index is 1400. The van der Waals surface area contributed by atoms with Crippen LogP contribution in [0.15, 0.2) is 65.3 Å². The molecule has 1 aliphatic heterocycles. The van der Waals surface area contributed by atoms with Crippen LogP contribution in [0.3, 0.4) is 0 Å². The second kappa shape index (κ2) is 8.78. The van der Waals surface area contributed by atoms with Gasteiger partial charge >= 0.3 is 0 Å². The maximum Gasteiger partial charge on any atom is 0.255 e. The number of nitrogens with two attached hydrogens (primary N) is 1. The van der Waals surface area contributed by atoms with Crippen molar-refractivity contribution >= 4 is 45.7 Å². The largest absolute Gasteiger partial charge is 0.445 e. The molecule has 2 aromatic carbocycles. The van der Waals surface area contributed by atoms with Gasteiger partial charge in [0.25, 0.3) is 5.91 Å². The number of hydrogen-bond donors (Lipinski definition) is 2. The van der Waals surface area contributed by atoms with E-state index in [2.05, 4.69) is 16.4 Å². The lowest BCUT2D eigenvalue weighted by atomic mass is 9.82. The molecule has 6 nitrogen and oxygen atoms in total. The number of rotatable bonds is 3. The lowest BCUT2D eigenvalue weighted by Crippen LogP contribution is -2.28. The number of hydrogen-bond acceptors (Lipinski definition) is 5. The van der Waals surface area contributed by atoms with Crippen molar-refractivity contribution in [3.63, 3.8) is 0 Å². The molecule has 1 amide bonds. The number of ether oxygens (including phenoxy) is 1. The molecule has 1 unspecified atom stereocenters. The molecule has 1 aliphatic rings. The number of carbonyl (C=O) groups is 1. The molecule has 0 spiro atoms. The van der Waals surface area contributed by atoms with E-state index in [-0.39, 0.29) is 27.9 Å². The molecule has 0 fully saturated rings. The number of aromatic nitrogens is 1. The molecule has 1 aromatic heterocycles. The van der Waals surface area contributed by atoms with E-state index in [1.54, 1.807) is 31.2 Å². The molecule has 8 heteroatoms. The van der Waals surface area contributed by atoms with Gasteiger partial charge < -0.3 is 15.8 Å². The lowest BCUT2D eigenvalue weighted by Gasteiger charge is -2.28. The van der Waals surface area contributed by atoms with Crippen molar-refractivity contribution in [2.45, 2.75) is 26.7 Å². The normalized spacial score (nSPS) is 15.9. The monoisotopic (exact) mass is 478 g/mol. The van der Waals surface area contributed by atoms with E-state index in [9.17, 15) is 10.1 Å². The number of halogens is 2. The fraction of sp³-hybridized carbons (Fsp3) is 0.160. The van der Waals surface area contributed by atoms with Gasteiger partial charge in [-0.1, -0.05) is 23.2 Å². The summed E-state index contributed by atoms with van der Waals surface area (Å²) in [6, 6.07) is 14.6. The van der Waals surface area contributed by atoms with Crippen LogP contribution in [0.25, 0.3) is 10.9 Å². The molecule has 0 bridgehead atoms. The van der Waals surface area contributed by atoms with E-state index in [4.69, 9.17) is 33.7 Å². The van der Waals surface area contributed by atoms with Gasteiger partial charge in [-0.05, 0) is 74.4 Å². The molecule has 166 valence electrons. The first kappa shape index (κ1) is 22.7. The number of nitrogens with one attached hydrogen (secondary N) is 1. The number of pyridine rings is 1. The highest BCUT2D eigenvalue weighted by atomic mass is 35.5. The van der Waals surface area contributed by atoms with Gasteiger partial charge in [-0.2, -0.15) is 5.26 Å². The van der Waals surface area contributed by atoms with Gasteiger partial charge in [-0.25, -0.2) is 4.98 Å². The Morgan fingerprint density at radius 3 is 2.45 bits per heavy atom. The van der Waals surface area contributed by atoms with Crippen molar-refractivity contribution in [3.05, 3.63) is 92.1 Å². The van der Waals surface area contributed by atoms with Crippen LogP contribution in [0.4, 0.5) is 5.69 Å². The summed E-state index contributed by atoms with van der Waals surface area (Å²) in [6.45, 7) is 5.63. The molecule has 0 radical (unpaired) electrons. The van der Waals surface area contributed by atoms with Crippen LogP contribution >= 0.6 is 23.2 Å². The summed E-state index contributed by atoms with van der Waals surface area (Å²) in [7, 11) is 0. The van der Waals surface area contributed by atoms with E-state index >= 15 is 0 Å². The number of benzene rings is 2. The number of carbonyl (C=O) groups excluding carboxylic acids is 1. The van der Waals surface area contributed by atoms with Crippen molar-refractivity contribution < 1.29 is 9.53 Å². The van der Waals surface area contributed by atoms with Crippen molar-refractivity contribution in [2.75, 3.05) is 5.32 Å². The van der Waals surface area contributed by atoms with E-state index in [1.807, 2.05) is 32.0 Å². The molecule has 3 N–H and O–H groups in total. The Hall–Kier alpha value is -3.53. The summed E-state index contributed by atoms with van der Waals surface area (Å²) in [6.07, 6.45) is 0. The third kappa shape index (κ3) is 4.25. The highest BCUT2D eigenvalue weighted by Gasteiger charge is 2.37. The van der Waals surface area contributed by atoms with Crippen LogP contribution in [-0.2, 0) is 9.53 Å². The first-order valence-corrected chi connectivity index (χ1v) is 10.9. The Morgan fingerprint density at radius 1 is 1.12 bits per heavy atom. The van der Waals surface area contributed by atoms with Gasteiger partial charge in [0.2, 0.25) is 5.88 Å². The van der Waals surface area contributed by atoms with Crippen LogP contribution in [0.1, 0.15) is 29.5 Å². The van der Waals surface area contributed by atoms with Gasteiger partial charge in [-0.3, -0.25) is 4.79 Å². The zero-order chi connectivity index (χ0) is 23.9. The molecule has 0 saturated heterocycles. The van der Waals surface area contributed by atoms with Crippen LogP contribution in [-0.4, -0.2) is 10.9 Å². The summed E-state index contributed by atoms with van der Waals surface area (Å²) in [4.78, 5) is 17.9. The van der Waals surface area contributed by atoms with Crippen molar-refractivity contribution in [1.29, 1.82) is 5.26 Å². The Labute approximate surface area is 201 Å². The minimum absolute atomic E-state index is 0.0701. The fourth-order valence-corrected chi connectivity index (χ4v) is 4.23. The summed E-state index contributed by atoms with van der Waals surface area (Å²) in [5.74, 6) is -1.09. The van der Waals surface area contributed by atoms with Gasteiger partial charge in [0.15, 0.2) is 0 Å². The maximum atomic E-state index is 13.4. The Kier molecular flexibility index (Phi) is 6.03. The molecule has 0 aliphatic carbocycles. The predicted octanol–water partition coefficient (Wildman–Crippen LogP) is 5.88. The standard InChI is InChI=1S/C25H20Cl2N4O2/c1-12-8-15-10-18(23(27)31-20(15)9-13(12)2)22-19(11-28)24(29)33-14(3)21(22)25(32)30-17-6-4-16(26)5-7-17/h4-10,22H,29H2,1-3H3,(H,30,32). The van der Waals surface area contributed by atoms with Crippen LogP contribution < -0.4 is 11.1 Å². The maximum absolute atomic E-state index is 13.4. The molecule has 33 heavy (non-hydrogen) atoms. The first-order chi connectivity index (χ1) is 15.7. The van der Waals surface area contributed by atoms with Crippen molar-refractivity contribution in [2.24, 2.45) is 5.73 Å². The average molecular weight is 479 g/mol. The molecule has 0 saturated carbocycles. The SMILES string of the molecule is CC1=C(C(=O)Nc2ccc(Cl)cc2)C(c2cc3cc(C)c(C)cc3nc2Cl)C(C#N)=C(N)O1. The zero-order valence-corrected chi connectivity index (χ0v) is 19.7. The molecular formula is C25H20Cl2N4O2. The van der Waals surface area contributed by atoms with Gasteiger partial charge in [0.05, 0.1) is 17.0 Å². The molecule has 4 rings (SSSR count). The van der Waals surface area contributed by atoms with Crippen molar-refractivity contribution in [1.82, 2.24) is 4.98 Å². The number of nitriles is 1. The van der Waals surface area contributed by atoms with E-state index < -0.39 is 11.8 Å². The number of aryl methyl sites for hydroxylation is 2. The van der Waals surface area contributed by atoms with Crippen molar-refractivity contribution in [3.8, 4) is 6.07 Å². The minimum Gasteiger partial charge on any atom is -0.445 e. The fourth-order valence-electron chi connectivity index (χ4n) is 3.85. The van der Waals surface area contributed by atoms with Gasteiger partial charge in [0, 0.05) is 21.7 Å². The minimum atomic E-state index is -0.845. The molecule has 1 atom stereocenters. The van der Waals surface area contributed by atoms with Crippen LogP contribution in [0, 0.1) is 25.2 Å². The number of allylic oxidation sites excluding steroid dienone is 2. The molecule has 3 aromatic rings. The van der Waals surface area contributed by atoms with Gasteiger partial charge in [0.1, 0.15) is 22.6 Å². The van der Waals surface area contributed by atoms with Crippen LogP contribution in [0.2, 0.25) is 10.2 Å². The summed E-state index contributed by atoms with van der Waals surface area (Å²) >= 11 is 12.5. The van der Waals surface area contributed by atoms with Gasteiger partial charge in [-0.15, -0.1) is 0 Å². The van der Waals surface area contributed by atoms with Crippen LogP contribution in [0.5, 0.6) is 0 Å². The average Bonchev–Trinajstić information content (AvgIpc) is 2.75.